The standard InChI is InChI=1S/C21H23N3O5/c1-4-21(14-8-6-5-7-9-14)19(26)24(20(27)23-21)13-18(25)22-15-10-11-16(28-2)17(12-15)29-3/h5-12H,4,13H2,1-3H3,(H,22,25)(H,23,27)/t21-/m0/s1. The summed E-state index contributed by atoms with van der Waals surface area (Å²) in [6.07, 6.45) is 0.370. The van der Waals surface area contributed by atoms with Gasteiger partial charge in [-0.2, -0.15) is 0 Å². The number of rotatable bonds is 7. The van der Waals surface area contributed by atoms with Crippen LogP contribution in [0.3, 0.4) is 0 Å². The molecule has 2 aromatic carbocycles. The van der Waals surface area contributed by atoms with Crippen molar-refractivity contribution >= 4 is 23.5 Å². The van der Waals surface area contributed by atoms with Gasteiger partial charge in [0, 0.05) is 11.8 Å². The van der Waals surface area contributed by atoms with Crippen LogP contribution < -0.4 is 20.1 Å². The van der Waals surface area contributed by atoms with E-state index < -0.39 is 29.9 Å². The van der Waals surface area contributed by atoms with Crippen molar-refractivity contribution in [1.29, 1.82) is 0 Å². The summed E-state index contributed by atoms with van der Waals surface area (Å²) < 4.78 is 10.4. The molecule has 2 aromatic rings. The minimum Gasteiger partial charge on any atom is -0.493 e. The van der Waals surface area contributed by atoms with Crippen LogP contribution in [0, 0.1) is 0 Å². The van der Waals surface area contributed by atoms with Crippen molar-refractivity contribution in [1.82, 2.24) is 10.2 Å². The number of methoxy groups -OCH3 is 2. The lowest BCUT2D eigenvalue weighted by molar-refractivity contribution is -0.134. The number of carbonyl (C=O) groups excluding carboxylic acids is 3. The maximum absolute atomic E-state index is 13.1. The highest BCUT2D eigenvalue weighted by Crippen LogP contribution is 2.32. The minimum atomic E-state index is -1.16. The van der Waals surface area contributed by atoms with Crippen molar-refractivity contribution in [2.75, 3.05) is 26.1 Å². The number of nitrogens with one attached hydrogen (secondary N) is 2. The molecule has 0 unspecified atom stereocenters. The highest BCUT2D eigenvalue weighted by molar-refractivity contribution is 6.10. The van der Waals surface area contributed by atoms with Gasteiger partial charge in [0.25, 0.3) is 5.91 Å². The predicted octanol–water partition coefficient (Wildman–Crippen LogP) is 2.50. The second-order valence-electron chi connectivity index (χ2n) is 6.56. The number of benzene rings is 2. The molecule has 1 fully saturated rings. The molecule has 0 radical (unpaired) electrons. The van der Waals surface area contributed by atoms with Crippen LogP contribution in [0.15, 0.2) is 48.5 Å². The van der Waals surface area contributed by atoms with Crippen molar-refractivity contribution in [2.24, 2.45) is 0 Å². The molecule has 3 rings (SSSR count). The molecular weight excluding hydrogens is 374 g/mol. The number of ether oxygens (including phenoxy) is 2. The Labute approximate surface area is 168 Å². The predicted molar refractivity (Wildman–Crippen MR) is 107 cm³/mol. The van der Waals surface area contributed by atoms with Gasteiger partial charge in [-0.1, -0.05) is 37.3 Å². The average molecular weight is 397 g/mol. The average Bonchev–Trinajstić information content (AvgIpc) is 2.99. The number of carbonyl (C=O) groups is 3. The zero-order chi connectivity index (χ0) is 21.0. The fraction of sp³-hybridized carbons (Fsp3) is 0.286. The summed E-state index contributed by atoms with van der Waals surface area (Å²) in [5.41, 5.74) is -0.0183. The number of hydrogen-bond donors (Lipinski definition) is 2. The molecule has 8 nitrogen and oxygen atoms in total. The molecule has 2 N–H and O–H groups in total. The van der Waals surface area contributed by atoms with Gasteiger partial charge in [0.05, 0.1) is 14.2 Å². The zero-order valence-corrected chi connectivity index (χ0v) is 16.5. The van der Waals surface area contributed by atoms with Crippen LogP contribution in [-0.2, 0) is 15.1 Å². The number of imide groups is 1. The molecule has 0 saturated carbocycles. The lowest BCUT2D eigenvalue weighted by Crippen LogP contribution is -2.44. The molecule has 0 aromatic heterocycles. The van der Waals surface area contributed by atoms with E-state index in [1.165, 1.54) is 14.2 Å². The normalized spacial score (nSPS) is 18.4. The Morgan fingerprint density at radius 1 is 1.07 bits per heavy atom. The van der Waals surface area contributed by atoms with Crippen LogP contribution in [0.25, 0.3) is 0 Å². The summed E-state index contributed by atoms with van der Waals surface area (Å²) in [5, 5.41) is 5.43. The van der Waals surface area contributed by atoms with E-state index in [9.17, 15) is 14.4 Å². The molecule has 1 aliphatic rings. The van der Waals surface area contributed by atoms with Crippen molar-refractivity contribution in [2.45, 2.75) is 18.9 Å². The summed E-state index contributed by atoms with van der Waals surface area (Å²) in [7, 11) is 3.00. The van der Waals surface area contributed by atoms with E-state index in [2.05, 4.69) is 10.6 Å². The summed E-state index contributed by atoms with van der Waals surface area (Å²) >= 11 is 0. The number of urea groups is 1. The Kier molecular flexibility index (Phi) is 5.72. The van der Waals surface area contributed by atoms with Crippen molar-refractivity contribution in [3.05, 3.63) is 54.1 Å². The Morgan fingerprint density at radius 2 is 1.76 bits per heavy atom. The minimum absolute atomic E-state index is 0.370. The molecule has 29 heavy (non-hydrogen) atoms. The number of nitrogens with zero attached hydrogens (tertiary/aromatic N) is 1. The second-order valence-corrected chi connectivity index (χ2v) is 6.56. The van der Waals surface area contributed by atoms with E-state index in [0.29, 0.717) is 29.2 Å². The van der Waals surface area contributed by atoms with E-state index in [1.807, 2.05) is 13.0 Å². The lowest BCUT2D eigenvalue weighted by atomic mass is 9.87. The highest BCUT2D eigenvalue weighted by Gasteiger charge is 2.51. The highest BCUT2D eigenvalue weighted by atomic mass is 16.5. The molecular formula is C21H23N3O5. The smallest absolute Gasteiger partial charge is 0.325 e. The third kappa shape index (κ3) is 3.73. The number of amides is 4. The van der Waals surface area contributed by atoms with Crippen molar-refractivity contribution in [3.63, 3.8) is 0 Å². The Bertz CT molecular complexity index is 931. The first kappa shape index (κ1) is 20.2. The third-order valence-corrected chi connectivity index (χ3v) is 4.94. The quantitative estimate of drug-likeness (QED) is 0.700. The van der Waals surface area contributed by atoms with Crippen LogP contribution in [0.1, 0.15) is 18.9 Å². The molecule has 152 valence electrons. The van der Waals surface area contributed by atoms with E-state index in [-0.39, 0.29) is 0 Å². The first-order valence-corrected chi connectivity index (χ1v) is 9.16. The van der Waals surface area contributed by atoms with Gasteiger partial charge in [-0.25, -0.2) is 4.79 Å². The fourth-order valence-electron chi connectivity index (χ4n) is 3.39. The number of hydrogen-bond acceptors (Lipinski definition) is 5. The first-order chi connectivity index (χ1) is 13.9. The Hall–Kier alpha value is -3.55. The van der Waals surface area contributed by atoms with Crippen LogP contribution in [-0.4, -0.2) is 43.5 Å². The summed E-state index contributed by atoms with van der Waals surface area (Å²) in [4.78, 5) is 39.0. The van der Waals surface area contributed by atoms with Crippen LogP contribution in [0.2, 0.25) is 0 Å². The van der Waals surface area contributed by atoms with Crippen molar-refractivity contribution in [3.8, 4) is 11.5 Å². The van der Waals surface area contributed by atoms with Gasteiger partial charge in [-0.05, 0) is 24.1 Å². The van der Waals surface area contributed by atoms with E-state index in [4.69, 9.17) is 9.47 Å². The molecule has 1 atom stereocenters. The topological polar surface area (TPSA) is 97.0 Å². The van der Waals surface area contributed by atoms with Gasteiger partial charge in [0.1, 0.15) is 12.1 Å². The zero-order valence-electron chi connectivity index (χ0n) is 16.5. The monoisotopic (exact) mass is 397 g/mol. The van der Waals surface area contributed by atoms with Crippen LogP contribution in [0.4, 0.5) is 10.5 Å². The van der Waals surface area contributed by atoms with Gasteiger partial charge in [-0.15, -0.1) is 0 Å². The lowest BCUT2D eigenvalue weighted by Gasteiger charge is -2.25. The molecule has 1 saturated heterocycles. The summed E-state index contributed by atoms with van der Waals surface area (Å²) in [5.74, 6) is 0.0314. The molecule has 8 heteroatoms. The number of anilines is 1. The molecule has 0 bridgehead atoms. The van der Waals surface area contributed by atoms with Gasteiger partial charge in [-0.3, -0.25) is 14.5 Å². The Balaban J connectivity index is 1.76. The summed E-state index contributed by atoms with van der Waals surface area (Å²) in [6.45, 7) is 1.42. The molecule has 0 aliphatic carbocycles. The van der Waals surface area contributed by atoms with Gasteiger partial charge in [0.15, 0.2) is 11.5 Å². The van der Waals surface area contributed by atoms with E-state index in [1.54, 1.807) is 42.5 Å². The van der Waals surface area contributed by atoms with Gasteiger partial charge >= 0.3 is 6.03 Å². The van der Waals surface area contributed by atoms with E-state index >= 15 is 0 Å². The van der Waals surface area contributed by atoms with Gasteiger partial charge < -0.3 is 20.1 Å². The fourth-order valence-corrected chi connectivity index (χ4v) is 3.39. The molecule has 0 spiro atoms. The molecule has 1 aliphatic heterocycles. The maximum atomic E-state index is 13.1. The second kappa shape index (κ2) is 8.22. The van der Waals surface area contributed by atoms with E-state index in [0.717, 1.165) is 4.90 Å². The van der Waals surface area contributed by atoms with Crippen LogP contribution in [0.5, 0.6) is 11.5 Å². The van der Waals surface area contributed by atoms with Crippen LogP contribution >= 0.6 is 0 Å². The van der Waals surface area contributed by atoms with Crippen molar-refractivity contribution < 1.29 is 23.9 Å². The first-order valence-electron chi connectivity index (χ1n) is 9.16. The van der Waals surface area contributed by atoms with Gasteiger partial charge in [0.2, 0.25) is 5.91 Å². The Morgan fingerprint density at radius 3 is 2.38 bits per heavy atom. The summed E-state index contributed by atoms with van der Waals surface area (Å²) in [6, 6.07) is 13.3. The largest absolute Gasteiger partial charge is 0.493 e. The SMILES string of the molecule is CC[C@@]1(c2ccccc2)NC(=O)N(CC(=O)Nc2ccc(OC)c(OC)c2)C1=O. The molecule has 4 amide bonds. The third-order valence-electron chi connectivity index (χ3n) is 4.94. The molecule has 1 heterocycles. The maximum Gasteiger partial charge on any atom is 0.325 e.